The van der Waals surface area contributed by atoms with E-state index in [2.05, 4.69) is 52.2 Å². The fourth-order valence-corrected chi connectivity index (χ4v) is 2.87. The summed E-state index contributed by atoms with van der Waals surface area (Å²) < 4.78 is 12.4. The minimum absolute atomic E-state index is 0.100. The number of amides is 2. The van der Waals surface area contributed by atoms with Gasteiger partial charge >= 0.3 is 6.03 Å². The molecule has 0 unspecified atom stereocenters. The van der Waals surface area contributed by atoms with Gasteiger partial charge in [-0.25, -0.2) is 9.48 Å². The number of rotatable bonds is 6. The van der Waals surface area contributed by atoms with Crippen molar-refractivity contribution in [2.45, 2.75) is 58.9 Å². The van der Waals surface area contributed by atoms with Gasteiger partial charge in [-0.15, -0.1) is 0 Å². The molecule has 7 nitrogen and oxygen atoms in total. The van der Waals surface area contributed by atoms with Crippen LogP contribution in [0.5, 0.6) is 11.5 Å². The van der Waals surface area contributed by atoms with E-state index in [1.165, 1.54) is 0 Å². The molecule has 1 aromatic carbocycles. The van der Waals surface area contributed by atoms with Crippen LogP contribution in [0.25, 0.3) is 0 Å². The number of carbonyl (C=O) groups is 1. The van der Waals surface area contributed by atoms with Gasteiger partial charge in [0.25, 0.3) is 0 Å². The number of aromatic nitrogens is 2. The van der Waals surface area contributed by atoms with Crippen LogP contribution in [0.3, 0.4) is 0 Å². The maximum atomic E-state index is 12.5. The monoisotopic (exact) mass is 402 g/mol. The molecule has 2 aromatic rings. The Hall–Kier alpha value is -2.70. The molecule has 0 fully saturated rings. The second-order valence-corrected chi connectivity index (χ2v) is 9.07. The van der Waals surface area contributed by atoms with E-state index in [1.54, 1.807) is 14.2 Å². The highest BCUT2D eigenvalue weighted by Crippen LogP contribution is 2.29. The van der Waals surface area contributed by atoms with Crippen molar-refractivity contribution in [1.82, 2.24) is 15.1 Å². The second-order valence-electron chi connectivity index (χ2n) is 9.07. The minimum atomic E-state index is -0.253. The van der Waals surface area contributed by atoms with E-state index in [4.69, 9.17) is 14.6 Å². The zero-order chi connectivity index (χ0) is 21.8. The Morgan fingerprint density at radius 3 is 2.24 bits per heavy atom. The highest BCUT2D eigenvalue weighted by molar-refractivity contribution is 5.88. The molecule has 0 radical (unpaired) electrons. The summed E-state index contributed by atoms with van der Waals surface area (Å²) in [5, 5.41) is 10.6. The molecule has 160 valence electrons. The van der Waals surface area contributed by atoms with E-state index < -0.39 is 0 Å². The molecule has 0 saturated heterocycles. The Morgan fingerprint density at radius 1 is 1.03 bits per heavy atom. The van der Waals surface area contributed by atoms with Gasteiger partial charge < -0.3 is 14.8 Å². The Bertz CT molecular complexity index is 845. The van der Waals surface area contributed by atoms with Gasteiger partial charge in [0.2, 0.25) is 0 Å². The van der Waals surface area contributed by atoms with Crippen molar-refractivity contribution in [1.29, 1.82) is 0 Å². The average molecular weight is 403 g/mol. The topological polar surface area (TPSA) is 77.4 Å². The summed E-state index contributed by atoms with van der Waals surface area (Å²) >= 11 is 0. The molecule has 1 heterocycles. The lowest BCUT2D eigenvalue weighted by molar-refractivity contribution is 0.251. The summed E-state index contributed by atoms with van der Waals surface area (Å²) in [6.45, 7) is 13.0. The SMILES string of the molecule is COc1ccc(CCNC(=O)Nc2cc(C(C)(C)C)nn2C(C)(C)C)cc1OC. The van der Waals surface area contributed by atoms with Crippen molar-refractivity contribution in [2.75, 3.05) is 26.1 Å². The number of ether oxygens (including phenoxy) is 2. The fraction of sp³-hybridized carbons (Fsp3) is 0.545. The molecule has 1 aromatic heterocycles. The number of nitrogens with one attached hydrogen (secondary N) is 2. The first-order valence-electron chi connectivity index (χ1n) is 9.82. The normalized spacial score (nSPS) is 11.9. The number of anilines is 1. The van der Waals surface area contributed by atoms with Crippen LogP contribution < -0.4 is 20.1 Å². The van der Waals surface area contributed by atoms with E-state index in [0.29, 0.717) is 30.3 Å². The maximum absolute atomic E-state index is 12.5. The van der Waals surface area contributed by atoms with Crippen LogP contribution in [0.1, 0.15) is 52.8 Å². The van der Waals surface area contributed by atoms with Gasteiger partial charge in [0.05, 0.1) is 25.5 Å². The van der Waals surface area contributed by atoms with E-state index in [-0.39, 0.29) is 17.0 Å². The zero-order valence-electron chi connectivity index (χ0n) is 18.8. The van der Waals surface area contributed by atoms with E-state index >= 15 is 0 Å². The molecule has 2 N–H and O–H groups in total. The maximum Gasteiger partial charge on any atom is 0.320 e. The molecule has 2 amide bonds. The number of benzene rings is 1. The summed E-state index contributed by atoms with van der Waals surface area (Å²) in [4.78, 5) is 12.5. The Balaban J connectivity index is 2.02. The fourth-order valence-electron chi connectivity index (χ4n) is 2.87. The lowest BCUT2D eigenvalue weighted by Crippen LogP contribution is -2.33. The lowest BCUT2D eigenvalue weighted by atomic mass is 9.92. The van der Waals surface area contributed by atoms with Crippen molar-refractivity contribution >= 4 is 11.8 Å². The van der Waals surface area contributed by atoms with Crippen molar-refractivity contribution < 1.29 is 14.3 Å². The molecular formula is C22H34N4O3. The highest BCUT2D eigenvalue weighted by atomic mass is 16.5. The van der Waals surface area contributed by atoms with Crippen LogP contribution in [0.15, 0.2) is 24.3 Å². The van der Waals surface area contributed by atoms with Crippen LogP contribution in [0.4, 0.5) is 10.6 Å². The second kappa shape index (κ2) is 8.76. The van der Waals surface area contributed by atoms with Gasteiger partial charge in [0.15, 0.2) is 11.5 Å². The standard InChI is InChI=1S/C22H34N4O3/c1-21(2,3)18-14-19(26(25-18)22(4,5)6)24-20(27)23-12-11-15-9-10-16(28-7)17(13-15)29-8/h9-10,13-14H,11-12H2,1-8H3,(H2,23,24,27). The molecule has 0 saturated carbocycles. The summed E-state index contributed by atoms with van der Waals surface area (Å²) in [6.07, 6.45) is 0.680. The molecule has 0 aliphatic rings. The summed E-state index contributed by atoms with van der Waals surface area (Å²) in [7, 11) is 3.22. The van der Waals surface area contributed by atoms with Gasteiger partial charge in [-0.1, -0.05) is 26.8 Å². The number of methoxy groups -OCH3 is 2. The molecule has 0 aliphatic carbocycles. The van der Waals surface area contributed by atoms with E-state index in [1.807, 2.05) is 28.9 Å². The van der Waals surface area contributed by atoms with Crippen molar-refractivity contribution in [3.05, 3.63) is 35.5 Å². The van der Waals surface area contributed by atoms with Gasteiger partial charge in [0.1, 0.15) is 5.82 Å². The number of carbonyl (C=O) groups excluding carboxylic acids is 1. The first-order valence-corrected chi connectivity index (χ1v) is 9.82. The first kappa shape index (κ1) is 22.6. The van der Waals surface area contributed by atoms with Gasteiger partial charge in [-0.2, -0.15) is 5.10 Å². The minimum Gasteiger partial charge on any atom is -0.493 e. The largest absolute Gasteiger partial charge is 0.493 e. The van der Waals surface area contributed by atoms with Gasteiger partial charge in [-0.3, -0.25) is 5.32 Å². The smallest absolute Gasteiger partial charge is 0.320 e. The number of hydrogen-bond acceptors (Lipinski definition) is 4. The first-order chi connectivity index (χ1) is 13.5. The van der Waals surface area contributed by atoms with Crippen LogP contribution in [0.2, 0.25) is 0 Å². The predicted octanol–water partition coefficient (Wildman–Crippen LogP) is 4.32. The lowest BCUT2D eigenvalue weighted by Gasteiger charge is -2.23. The Kier molecular flexibility index (Phi) is 6.82. The molecule has 7 heteroatoms. The van der Waals surface area contributed by atoms with Crippen LogP contribution in [-0.2, 0) is 17.4 Å². The zero-order valence-corrected chi connectivity index (χ0v) is 18.8. The third-order valence-electron chi connectivity index (χ3n) is 4.50. The third kappa shape index (κ3) is 5.89. The quantitative estimate of drug-likeness (QED) is 0.754. The van der Waals surface area contributed by atoms with Crippen molar-refractivity contribution in [3.8, 4) is 11.5 Å². The van der Waals surface area contributed by atoms with Crippen LogP contribution >= 0.6 is 0 Å². The van der Waals surface area contributed by atoms with Crippen molar-refractivity contribution in [2.24, 2.45) is 0 Å². The molecule has 0 bridgehead atoms. The summed E-state index contributed by atoms with van der Waals surface area (Å²) in [5.41, 5.74) is 1.65. The number of nitrogens with zero attached hydrogens (tertiary/aromatic N) is 2. The van der Waals surface area contributed by atoms with Crippen LogP contribution in [0, 0.1) is 0 Å². The van der Waals surface area contributed by atoms with Gasteiger partial charge in [0, 0.05) is 18.0 Å². The predicted molar refractivity (Wildman–Crippen MR) is 116 cm³/mol. The summed E-state index contributed by atoms with van der Waals surface area (Å²) in [6, 6.07) is 7.44. The van der Waals surface area contributed by atoms with Crippen molar-refractivity contribution in [3.63, 3.8) is 0 Å². The molecule has 0 aliphatic heterocycles. The molecule has 0 atom stereocenters. The number of urea groups is 1. The van der Waals surface area contributed by atoms with E-state index in [9.17, 15) is 4.79 Å². The molecule has 0 spiro atoms. The molecule has 2 rings (SSSR count). The molecular weight excluding hydrogens is 368 g/mol. The highest BCUT2D eigenvalue weighted by Gasteiger charge is 2.25. The Morgan fingerprint density at radius 2 is 1.69 bits per heavy atom. The average Bonchev–Trinajstić information content (AvgIpc) is 3.06. The number of hydrogen-bond donors (Lipinski definition) is 2. The van der Waals surface area contributed by atoms with E-state index in [0.717, 1.165) is 11.3 Å². The van der Waals surface area contributed by atoms with Crippen LogP contribution in [-0.4, -0.2) is 36.6 Å². The molecule has 29 heavy (non-hydrogen) atoms. The third-order valence-corrected chi connectivity index (χ3v) is 4.50. The summed E-state index contributed by atoms with van der Waals surface area (Å²) in [5.74, 6) is 2.05. The van der Waals surface area contributed by atoms with Gasteiger partial charge in [-0.05, 0) is 44.9 Å². The Labute approximate surface area is 173 Å².